The predicted molar refractivity (Wildman–Crippen MR) is 106 cm³/mol. The number of nitrogens with zero attached hydrogens (tertiary/aromatic N) is 2. The van der Waals surface area contributed by atoms with Crippen LogP contribution in [-0.4, -0.2) is 39.8 Å². The van der Waals surface area contributed by atoms with Crippen molar-refractivity contribution < 1.29 is 9.18 Å². The zero-order valence-corrected chi connectivity index (χ0v) is 15.6. The number of benzene rings is 2. The van der Waals surface area contributed by atoms with Crippen molar-refractivity contribution in [1.82, 2.24) is 15.1 Å². The first-order chi connectivity index (χ1) is 13.2. The van der Waals surface area contributed by atoms with Crippen molar-refractivity contribution in [2.24, 2.45) is 0 Å². The number of nitrogens with one attached hydrogen (secondary N) is 1. The largest absolute Gasteiger partial charge is 0.336 e. The summed E-state index contributed by atoms with van der Waals surface area (Å²) in [7, 11) is 0. The number of thioether (sulfide) groups is 1. The van der Waals surface area contributed by atoms with E-state index in [1.54, 1.807) is 23.9 Å². The Hall–Kier alpha value is -2.60. The Kier molecular flexibility index (Phi) is 5.25. The van der Waals surface area contributed by atoms with Crippen LogP contribution in [0.15, 0.2) is 60.7 Å². The van der Waals surface area contributed by atoms with Crippen molar-refractivity contribution in [1.29, 1.82) is 0 Å². The summed E-state index contributed by atoms with van der Waals surface area (Å²) in [6.45, 7) is 1.25. The minimum absolute atomic E-state index is 0.0561. The Labute approximate surface area is 161 Å². The van der Waals surface area contributed by atoms with E-state index in [0.29, 0.717) is 18.8 Å². The number of aromatic nitrogens is 2. The molecule has 4 nitrogen and oxygen atoms in total. The van der Waals surface area contributed by atoms with Gasteiger partial charge in [0.1, 0.15) is 11.5 Å². The van der Waals surface area contributed by atoms with E-state index in [0.717, 1.165) is 29.0 Å². The van der Waals surface area contributed by atoms with Gasteiger partial charge in [-0.25, -0.2) is 4.39 Å². The lowest BCUT2D eigenvalue weighted by Gasteiger charge is -2.19. The third-order valence-electron chi connectivity index (χ3n) is 4.76. The Balaban J connectivity index is 1.46. The summed E-state index contributed by atoms with van der Waals surface area (Å²) in [4.78, 5) is 14.7. The van der Waals surface area contributed by atoms with Gasteiger partial charge in [0.25, 0.3) is 5.91 Å². The summed E-state index contributed by atoms with van der Waals surface area (Å²) >= 11 is 1.71. The number of carbonyl (C=O) groups excluding carboxylic acids is 1. The lowest BCUT2D eigenvalue weighted by Crippen LogP contribution is -2.33. The molecule has 4 rings (SSSR count). The standard InChI is InChI=1S/C21H20FN3OS/c22-17-9-5-4-8-16(17)20-10-11-25(12-13-27-20)21(26)19-14-18(23-24-19)15-6-2-1-3-7-15/h1-9,14,20H,10-13H2,(H,23,24). The van der Waals surface area contributed by atoms with Crippen LogP contribution in [0.2, 0.25) is 0 Å². The highest BCUT2D eigenvalue weighted by Crippen LogP contribution is 2.35. The topological polar surface area (TPSA) is 49.0 Å². The van der Waals surface area contributed by atoms with Gasteiger partial charge in [-0.3, -0.25) is 9.89 Å². The SMILES string of the molecule is O=C(c1cc(-c2ccccc2)n[nH]1)N1CCSC(c2ccccc2F)CC1. The maximum Gasteiger partial charge on any atom is 0.271 e. The molecule has 1 unspecified atom stereocenters. The predicted octanol–water partition coefficient (Wildman–Crippen LogP) is 4.54. The number of carbonyl (C=O) groups is 1. The number of hydrogen-bond donors (Lipinski definition) is 1. The molecule has 0 spiro atoms. The maximum atomic E-state index is 14.1. The molecule has 1 saturated heterocycles. The van der Waals surface area contributed by atoms with E-state index >= 15 is 0 Å². The van der Waals surface area contributed by atoms with E-state index in [9.17, 15) is 9.18 Å². The fourth-order valence-electron chi connectivity index (χ4n) is 3.32. The average Bonchev–Trinajstić information content (AvgIpc) is 3.07. The molecule has 1 fully saturated rings. The maximum absolute atomic E-state index is 14.1. The van der Waals surface area contributed by atoms with Crippen molar-refractivity contribution in [3.63, 3.8) is 0 Å². The molecule has 3 aromatic rings. The zero-order valence-electron chi connectivity index (χ0n) is 14.8. The molecule has 1 aliphatic heterocycles. The van der Waals surface area contributed by atoms with Crippen LogP contribution in [0.4, 0.5) is 4.39 Å². The van der Waals surface area contributed by atoms with Crippen LogP contribution in [-0.2, 0) is 0 Å². The Bertz CT molecular complexity index is 928. The molecule has 2 heterocycles. The second-order valence-corrected chi connectivity index (χ2v) is 7.81. The average molecular weight is 381 g/mol. The molecule has 1 N–H and O–H groups in total. The molecule has 2 aromatic carbocycles. The third kappa shape index (κ3) is 3.90. The van der Waals surface area contributed by atoms with Crippen LogP contribution in [0, 0.1) is 5.82 Å². The van der Waals surface area contributed by atoms with E-state index in [1.807, 2.05) is 47.4 Å². The van der Waals surface area contributed by atoms with Gasteiger partial charge in [-0.05, 0) is 18.6 Å². The van der Waals surface area contributed by atoms with E-state index in [-0.39, 0.29) is 17.0 Å². The summed E-state index contributed by atoms with van der Waals surface area (Å²) in [5.74, 6) is 0.556. The van der Waals surface area contributed by atoms with Crippen LogP contribution in [0.25, 0.3) is 11.3 Å². The van der Waals surface area contributed by atoms with Crippen molar-refractivity contribution in [2.75, 3.05) is 18.8 Å². The molecule has 0 bridgehead atoms. The van der Waals surface area contributed by atoms with E-state index in [2.05, 4.69) is 10.2 Å². The number of rotatable bonds is 3. The first kappa shape index (κ1) is 17.8. The molecule has 0 aliphatic carbocycles. The van der Waals surface area contributed by atoms with Crippen molar-refractivity contribution in [3.05, 3.63) is 77.7 Å². The first-order valence-corrected chi connectivity index (χ1v) is 10.0. The number of hydrogen-bond acceptors (Lipinski definition) is 3. The summed E-state index contributed by atoms with van der Waals surface area (Å²) in [6.07, 6.45) is 0.733. The molecule has 1 amide bonds. The van der Waals surface area contributed by atoms with E-state index in [4.69, 9.17) is 0 Å². The highest BCUT2D eigenvalue weighted by Gasteiger charge is 2.25. The van der Waals surface area contributed by atoms with Crippen molar-refractivity contribution in [2.45, 2.75) is 11.7 Å². The smallest absolute Gasteiger partial charge is 0.271 e. The number of H-pyrrole nitrogens is 1. The monoisotopic (exact) mass is 381 g/mol. The van der Waals surface area contributed by atoms with Crippen LogP contribution >= 0.6 is 11.8 Å². The quantitative estimate of drug-likeness (QED) is 0.725. The normalized spacial score (nSPS) is 17.5. The molecule has 1 aliphatic rings. The van der Waals surface area contributed by atoms with Crippen LogP contribution < -0.4 is 0 Å². The lowest BCUT2D eigenvalue weighted by molar-refractivity contribution is 0.0760. The molecule has 27 heavy (non-hydrogen) atoms. The van der Waals surface area contributed by atoms with E-state index < -0.39 is 0 Å². The Morgan fingerprint density at radius 3 is 2.70 bits per heavy atom. The van der Waals surface area contributed by atoms with Gasteiger partial charge < -0.3 is 4.90 Å². The number of amides is 1. The van der Waals surface area contributed by atoms with Gasteiger partial charge in [0.15, 0.2) is 0 Å². The highest BCUT2D eigenvalue weighted by molar-refractivity contribution is 7.99. The Morgan fingerprint density at radius 1 is 1.11 bits per heavy atom. The first-order valence-electron chi connectivity index (χ1n) is 8.98. The fourth-order valence-corrected chi connectivity index (χ4v) is 4.57. The lowest BCUT2D eigenvalue weighted by atomic mass is 10.1. The molecular formula is C21H20FN3OS. The van der Waals surface area contributed by atoms with Gasteiger partial charge in [-0.1, -0.05) is 48.5 Å². The van der Waals surface area contributed by atoms with Crippen LogP contribution in [0.5, 0.6) is 0 Å². The van der Waals surface area contributed by atoms with Gasteiger partial charge in [-0.2, -0.15) is 16.9 Å². The summed E-state index contributed by atoms with van der Waals surface area (Å²) in [6, 6.07) is 18.5. The summed E-state index contributed by atoms with van der Waals surface area (Å²) < 4.78 is 14.1. The third-order valence-corrected chi connectivity index (χ3v) is 6.07. The molecule has 138 valence electrons. The minimum Gasteiger partial charge on any atom is -0.336 e. The highest BCUT2D eigenvalue weighted by atomic mass is 32.2. The van der Waals surface area contributed by atoms with Crippen molar-refractivity contribution >= 4 is 17.7 Å². The summed E-state index contributed by atoms with van der Waals surface area (Å²) in [5.41, 5.74) is 2.94. The second kappa shape index (κ2) is 7.96. The number of aromatic amines is 1. The zero-order chi connectivity index (χ0) is 18.6. The minimum atomic E-state index is -0.171. The van der Waals surface area contributed by atoms with Gasteiger partial charge in [-0.15, -0.1) is 0 Å². The molecule has 6 heteroatoms. The Morgan fingerprint density at radius 2 is 1.89 bits per heavy atom. The van der Waals surface area contributed by atoms with Crippen LogP contribution in [0.1, 0.15) is 27.7 Å². The van der Waals surface area contributed by atoms with Gasteiger partial charge >= 0.3 is 0 Å². The van der Waals surface area contributed by atoms with Gasteiger partial charge in [0.05, 0.1) is 5.69 Å². The molecule has 0 radical (unpaired) electrons. The van der Waals surface area contributed by atoms with E-state index in [1.165, 1.54) is 6.07 Å². The molecular weight excluding hydrogens is 361 g/mol. The van der Waals surface area contributed by atoms with Crippen LogP contribution in [0.3, 0.4) is 0 Å². The summed E-state index contributed by atoms with van der Waals surface area (Å²) in [5, 5.41) is 7.21. The fraction of sp³-hybridized carbons (Fsp3) is 0.238. The van der Waals surface area contributed by atoms with Crippen molar-refractivity contribution in [3.8, 4) is 11.3 Å². The molecule has 1 aromatic heterocycles. The second-order valence-electron chi connectivity index (χ2n) is 6.49. The number of halogens is 1. The molecule has 1 atom stereocenters. The van der Waals surface area contributed by atoms with Gasteiger partial charge in [0, 0.05) is 35.2 Å². The van der Waals surface area contributed by atoms with Gasteiger partial charge in [0.2, 0.25) is 0 Å². The molecule has 0 saturated carbocycles.